The third-order valence-corrected chi connectivity index (χ3v) is 5.06. The van der Waals surface area contributed by atoms with Crippen LogP contribution in [0.2, 0.25) is 0 Å². The molecule has 0 amide bonds. The van der Waals surface area contributed by atoms with Crippen LogP contribution in [0.1, 0.15) is 19.0 Å². The minimum Gasteiger partial charge on any atom is -0.329 e. The number of pyridine rings is 1. The van der Waals surface area contributed by atoms with Crippen molar-refractivity contribution < 1.29 is 0 Å². The third-order valence-electron chi connectivity index (χ3n) is 3.62. The van der Waals surface area contributed by atoms with E-state index < -0.39 is 0 Å². The molecule has 94 valence electrons. The highest BCUT2D eigenvalue weighted by Crippen LogP contribution is 2.37. The molecule has 2 heterocycles. The molecule has 1 aromatic rings. The Hall–Kier alpha value is -0.580. The zero-order valence-corrected chi connectivity index (χ0v) is 11.4. The number of hydrogen-bond donors (Lipinski definition) is 1. The first-order valence-corrected chi connectivity index (χ1v) is 7.14. The summed E-state index contributed by atoms with van der Waals surface area (Å²) in [4.78, 5) is 6.77. The molecular formula is C13H21N3S. The maximum atomic E-state index is 6.01. The van der Waals surface area contributed by atoms with E-state index in [1.54, 1.807) is 0 Å². The molecule has 0 radical (unpaired) electrons. The third kappa shape index (κ3) is 2.81. The van der Waals surface area contributed by atoms with Gasteiger partial charge in [0.05, 0.1) is 5.69 Å². The molecule has 1 aliphatic rings. The Morgan fingerprint density at radius 1 is 1.59 bits per heavy atom. The minimum absolute atomic E-state index is 0.154. The van der Waals surface area contributed by atoms with Crippen molar-refractivity contribution >= 4 is 11.8 Å². The summed E-state index contributed by atoms with van der Waals surface area (Å²) < 4.78 is 0. The first kappa shape index (κ1) is 12.9. The molecule has 0 spiro atoms. The fraction of sp³-hybridized carbons (Fsp3) is 0.615. The van der Waals surface area contributed by atoms with Crippen molar-refractivity contribution in [3.8, 4) is 0 Å². The molecule has 3 nitrogen and oxygen atoms in total. The molecule has 1 fully saturated rings. The van der Waals surface area contributed by atoms with E-state index in [4.69, 9.17) is 5.73 Å². The van der Waals surface area contributed by atoms with Gasteiger partial charge in [0.2, 0.25) is 0 Å². The Labute approximate surface area is 108 Å². The number of rotatable bonds is 4. The molecular weight excluding hydrogens is 230 g/mol. The maximum Gasteiger partial charge on any atom is 0.0544 e. The Balaban J connectivity index is 2.06. The van der Waals surface area contributed by atoms with E-state index in [1.165, 1.54) is 6.42 Å². The van der Waals surface area contributed by atoms with Crippen LogP contribution >= 0.6 is 11.8 Å². The summed E-state index contributed by atoms with van der Waals surface area (Å²) in [5, 5.41) is 0.713. The Morgan fingerprint density at radius 3 is 2.94 bits per heavy atom. The predicted octanol–water partition coefficient (Wildman–Crippen LogP) is 1.74. The summed E-state index contributed by atoms with van der Waals surface area (Å²) in [7, 11) is 2.17. The average Bonchev–Trinajstić information content (AvgIpc) is 2.73. The second kappa shape index (κ2) is 5.38. The van der Waals surface area contributed by atoms with E-state index in [0.29, 0.717) is 5.25 Å². The molecule has 1 aromatic heterocycles. The highest BCUT2D eigenvalue weighted by atomic mass is 32.2. The van der Waals surface area contributed by atoms with Crippen molar-refractivity contribution in [3.63, 3.8) is 0 Å². The monoisotopic (exact) mass is 251 g/mol. The van der Waals surface area contributed by atoms with Crippen LogP contribution < -0.4 is 5.73 Å². The van der Waals surface area contributed by atoms with Crippen molar-refractivity contribution in [2.45, 2.75) is 30.7 Å². The van der Waals surface area contributed by atoms with Crippen LogP contribution in [0.15, 0.2) is 24.4 Å². The van der Waals surface area contributed by atoms with Gasteiger partial charge in [0.15, 0.2) is 0 Å². The molecule has 17 heavy (non-hydrogen) atoms. The number of aromatic nitrogens is 1. The molecule has 0 aliphatic carbocycles. The van der Waals surface area contributed by atoms with Crippen LogP contribution in [0.5, 0.6) is 0 Å². The molecule has 0 bridgehead atoms. The second-order valence-corrected chi connectivity index (χ2v) is 6.36. The molecule has 1 saturated heterocycles. The second-order valence-electron chi connectivity index (χ2n) is 4.93. The molecule has 4 heteroatoms. The van der Waals surface area contributed by atoms with E-state index >= 15 is 0 Å². The first-order chi connectivity index (χ1) is 8.16. The first-order valence-electron chi connectivity index (χ1n) is 6.09. The number of likely N-dealkylation sites (N-methyl/N-ethyl adjacent to an activating group) is 1. The topological polar surface area (TPSA) is 42.1 Å². The minimum atomic E-state index is 0.154. The van der Waals surface area contributed by atoms with Crippen molar-refractivity contribution in [3.05, 3.63) is 30.1 Å². The van der Waals surface area contributed by atoms with Gasteiger partial charge in [-0.05, 0) is 25.6 Å². The van der Waals surface area contributed by atoms with E-state index in [2.05, 4.69) is 29.9 Å². The van der Waals surface area contributed by atoms with E-state index in [1.807, 2.05) is 30.1 Å². The van der Waals surface area contributed by atoms with Crippen LogP contribution in [0.3, 0.4) is 0 Å². The Kier molecular flexibility index (Phi) is 4.07. The summed E-state index contributed by atoms with van der Waals surface area (Å²) in [5.74, 6) is 1.13. The normalized spacial score (nSPS) is 28.8. The summed E-state index contributed by atoms with van der Waals surface area (Å²) in [6.07, 6.45) is 3.03. The highest BCUT2D eigenvalue weighted by Gasteiger charge is 2.40. The zero-order valence-electron chi connectivity index (χ0n) is 10.6. The lowest BCUT2D eigenvalue weighted by Gasteiger charge is -2.37. The summed E-state index contributed by atoms with van der Waals surface area (Å²) in [5.41, 5.74) is 7.28. The average molecular weight is 251 g/mol. The quantitative estimate of drug-likeness (QED) is 0.885. The lowest BCUT2D eigenvalue weighted by Crippen LogP contribution is -2.52. The molecule has 2 atom stereocenters. The van der Waals surface area contributed by atoms with Gasteiger partial charge in [-0.2, -0.15) is 11.8 Å². The standard InChI is InChI=1S/C13H21N3S/c1-11-7-13(9-14,10-17-11)16(2)8-12-5-3-4-6-15-12/h3-6,11H,7-10,14H2,1-2H3. The summed E-state index contributed by atoms with van der Waals surface area (Å²) in [6.45, 7) is 3.90. The summed E-state index contributed by atoms with van der Waals surface area (Å²) in [6, 6.07) is 6.07. The largest absolute Gasteiger partial charge is 0.329 e. The number of thioether (sulfide) groups is 1. The summed E-state index contributed by atoms with van der Waals surface area (Å²) >= 11 is 2.03. The number of nitrogens with two attached hydrogens (primary N) is 1. The highest BCUT2D eigenvalue weighted by molar-refractivity contribution is 8.00. The lowest BCUT2D eigenvalue weighted by atomic mass is 9.94. The Morgan fingerprint density at radius 2 is 2.41 bits per heavy atom. The van der Waals surface area contributed by atoms with Crippen molar-refractivity contribution in [1.29, 1.82) is 0 Å². The molecule has 0 saturated carbocycles. The van der Waals surface area contributed by atoms with Gasteiger partial charge in [0.1, 0.15) is 0 Å². The van der Waals surface area contributed by atoms with E-state index in [0.717, 1.165) is 24.5 Å². The van der Waals surface area contributed by atoms with E-state index in [9.17, 15) is 0 Å². The van der Waals surface area contributed by atoms with Crippen LogP contribution in [0.25, 0.3) is 0 Å². The van der Waals surface area contributed by atoms with Gasteiger partial charge >= 0.3 is 0 Å². The van der Waals surface area contributed by atoms with Gasteiger partial charge in [-0.1, -0.05) is 13.0 Å². The number of nitrogens with zero attached hydrogens (tertiary/aromatic N) is 2. The van der Waals surface area contributed by atoms with Crippen LogP contribution in [-0.4, -0.2) is 40.0 Å². The van der Waals surface area contributed by atoms with Gasteiger partial charge in [-0.3, -0.25) is 9.88 Å². The van der Waals surface area contributed by atoms with E-state index in [-0.39, 0.29) is 5.54 Å². The molecule has 2 unspecified atom stereocenters. The fourth-order valence-corrected chi connectivity index (χ4v) is 3.90. The van der Waals surface area contributed by atoms with Crippen LogP contribution in [0.4, 0.5) is 0 Å². The van der Waals surface area contributed by atoms with Crippen LogP contribution in [-0.2, 0) is 6.54 Å². The van der Waals surface area contributed by atoms with Gasteiger partial charge < -0.3 is 5.73 Å². The van der Waals surface area contributed by atoms with Gasteiger partial charge in [-0.25, -0.2) is 0 Å². The molecule has 2 N–H and O–H groups in total. The van der Waals surface area contributed by atoms with Crippen molar-refractivity contribution in [1.82, 2.24) is 9.88 Å². The molecule has 2 rings (SSSR count). The smallest absolute Gasteiger partial charge is 0.0544 e. The van der Waals surface area contributed by atoms with Gasteiger partial charge in [-0.15, -0.1) is 0 Å². The van der Waals surface area contributed by atoms with Gasteiger partial charge in [0, 0.05) is 35.8 Å². The molecule has 0 aromatic carbocycles. The fourth-order valence-electron chi connectivity index (χ4n) is 2.42. The van der Waals surface area contributed by atoms with Crippen molar-refractivity contribution in [2.24, 2.45) is 5.73 Å². The predicted molar refractivity (Wildman–Crippen MR) is 74.0 cm³/mol. The SMILES string of the molecule is CC1CC(CN)(N(C)Cc2ccccn2)CS1. The lowest BCUT2D eigenvalue weighted by molar-refractivity contribution is 0.137. The van der Waals surface area contributed by atoms with Crippen molar-refractivity contribution in [2.75, 3.05) is 19.3 Å². The van der Waals surface area contributed by atoms with Gasteiger partial charge in [0.25, 0.3) is 0 Å². The maximum absolute atomic E-state index is 6.01. The van der Waals surface area contributed by atoms with Crippen LogP contribution in [0, 0.1) is 0 Å². The molecule has 1 aliphatic heterocycles. The Bertz CT molecular complexity index is 357. The zero-order chi connectivity index (χ0) is 12.3. The number of hydrogen-bond acceptors (Lipinski definition) is 4.